The van der Waals surface area contributed by atoms with Gasteiger partial charge >= 0.3 is 5.97 Å². The number of fused-ring (bicyclic) bond motifs is 3. The van der Waals surface area contributed by atoms with Crippen molar-refractivity contribution in [2.45, 2.75) is 88.6 Å². The van der Waals surface area contributed by atoms with Crippen LogP contribution in [0.1, 0.15) is 50.3 Å². The van der Waals surface area contributed by atoms with Gasteiger partial charge in [-0.25, -0.2) is 4.79 Å². The fourth-order valence-corrected chi connectivity index (χ4v) is 5.36. The van der Waals surface area contributed by atoms with E-state index in [2.05, 4.69) is 31.6 Å². The number of carboxylic acids is 1. The molecule has 2 bridgehead atoms. The van der Waals surface area contributed by atoms with Crippen molar-refractivity contribution >= 4 is 29.6 Å². The number of hydrogen-bond acceptors (Lipinski definition) is 8. The van der Waals surface area contributed by atoms with Crippen LogP contribution in [0, 0.1) is 0 Å². The average Bonchev–Trinajstić information content (AvgIpc) is 3.67. The molecular weight excluding hydrogens is 556 g/mol. The zero-order valence-electron chi connectivity index (χ0n) is 24.5. The molecule has 2 aliphatic heterocycles. The van der Waals surface area contributed by atoms with Gasteiger partial charge in [-0.3, -0.25) is 23.9 Å². The third kappa shape index (κ3) is 8.37. The third-order valence-corrected chi connectivity index (χ3v) is 7.94. The lowest BCUT2D eigenvalue weighted by Crippen LogP contribution is -2.58. The summed E-state index contributed by atoms with van der Waals surface area (Å²) in [5.74, 6) is -3.10. The van der Waals surface area contributed by atoms with Crippen LogP contribution in [0.3, 0.4) is 0 Å². The number of rotatable bonds is 6. The van der Waals surface area contributed by atoms with Gasteiger partial charge in [-0.2, -0.15) is 0 Å². The number of aryl methyl sites for hydroxylation is 1. The van der Waals surface area contributed by atoms with E-state index in [0.29, 0.717) is 44.5 Å². The Balaban J connectivity index is 1.64. The minimum absolute atomic E-state index is 0.0754. The van der Waals surface area contributed by atoms with Gasteiger partial charge in [0.1, 0.15) is 24.2 Å². The first-order chi connectivity index (χ1) is 20.7. The molecule has 43 heavy (non-hydrogen) atoms. The SMILES string of the molecule is CNC(C)C(=O)NC1Cc2cn(nn2)CCCCC(C(=O)O)NC(=O)C(Cc2ccccc2)NC(=O)C2CCCN2C1=O. The zero-order valence-corrected chi connectivity index (χ0v) is 24.5. The molecule has 2 aliphatic rings. The number of aliphatic carboxylic acids is 1. The highest BCUT2D eigenvalue weighted by molar-refractivity contribution is 5.96. The van der Waals surface area contributed by atoms with Gasteiger partial charge in [0.15, 0.2) is 0 Å². The largest absolute Gasteiger partial charge is 0.480 e. The number of nitrogens with zero attached hydrogens (tertiary/aromatic N) is 4. The Morgan fingerprint density at radius 1 is 1.05 bits per heavy atom. The van der Waals surface area contributed by atoms with Gasteiger partial charge in [-0.05, 0) is 51.6 Å². The van der Waals surface area contributed by atoms with Crippen molar-refractivity contribution in [3.05, 3.63) is 47.8 Å². The van der Waals surface area contributed by atoms with Gasteiger partial charge in [0.25, 0.3) is 0 Å². The molecule has 232 valence electrons. The number of hydrogen-bond donors (Lipinski definition) is 5. The Morgan fingerprint density at radius 2 is 1.81 bits per heavy atom. The van der Waals surface area contributed by atoms with E-state index in [9.17, 15) is 29.1 Å². The molecule has 2 aromatic rings. The summed E-state index contributed by atoms with van der Waals surface area (Å²) in [5.41, 5.74) is 1.28. The first-order valence-corrected chi connectivity index (χ1v) is 14.7. The van der Waals surface area contributed by atoms with Crippen LogP contribution in [0.2, 0.25) is 0 Å². The Kier molecular flexibility index (Phi) is 10.8. The molecule has 0 saturated carbocycles. The highest BCUT2D eigenvalue weighted by Crippen LogP contribution is 2.20. The van der Waals surface area contributed by atoms with Crippen molar-refractivity contribution in [2.75, 3.05) is 13.6 Å². The zero-order chi connectivity index (χ0) is 30.9. The molecule has 0 radical (unpaired) electrons. The fourth-order valence-electron chi connectivity index (χ4n) is 5.36. The molecule has 0 aliphatic carbocycles. The molecule has 5 atom stereocenters. The summed E-state index contributed by atoms with van der Waals surface area (Å²) in [6.45, 7) is 2.43. The molecule has 5 N–H and O–H groups in total. The van der Waals surface area contributed by atoms with Crippen molar-refractivity contribution in [3.8, 4) is 0 Å². The molecule has 1 aromatic heterocycles. The Morgan fingerprint density at radius 3 is 2.53 bits per heavy atom. The molecule has 3 heterocycles. The number of aromatic nitrogens is 3. The predicted octanol–water partition coefficient (Wildman–Crippen LogP) is -0.615. The first-order valence-electron chi connectivity index (χ1n) is 14.7. The second-order valence-electron chi connectivity index (χ2n) is 11.1. The Bertz CT molecular complexity index is 1300. The maximum Gasteiger partial charge on any atom is 0.326 e. The number of amides is 4. The van der Waals surface area contributed by atoms with Crippen LogP contribution in [0.5, 0.6) is 0 Å². The van der Waals surface area contributed by atoms with Crippen LogP contribution in [0.4, 0.5) is 0 Å². The summed E-state index contributed by atoms with van der Waals surface area (Å²) in [4.78, 5) is 67.2. The highest BCUT2D eigenvalue weighted by atomic mass is 16.4. The molecule has 4 amide bonds. The van der Waals surface area contributed by atoms with Gasteiger partial charge < -0.3 is 31.3 Å². The normalized spacial score (nSPS) is 24.6. The van der Waals surface area contributed by atoms with Gasteiger partial charge in [-0.15, -0.1) is 5.10 Å². The maximum atomic E-state index is 13.9. The summed E-state index contributed by atoms with van der Waals surface area (Å²) in [6, 6.07) is 4.48. The highest BCUT2D eigenvalue weighted by Gasteiger charge is 2.39. The first kappa shape index (κ1) is 31.6. The summed E-state index contributed by atoms with van der Waals surface area (Å²) in [7, 11) is 1.64. The van der Waals surface area contributed by atoms with Gasteiger partial charge in [0.05, 0.1) is 11.7 Å². The minimum Gasteiger partial charge on any atom is -0.480 e. The molecule has 5 unspecified atom stereocenters. The molecule has 4 rings (SSSR count). The second kappa shape index (κ2) is 14.7. The van der Waals surface area contributed by atoms with E-state index in [1.54, 1.807) is 24.9 Å². The topological polar surface area (TPSA) is 188 Å². The van der Waals surface area contributed by atoms with Crippen LogP contribution in [-0.4, -0.2) is 98.4 Å². The van der Waals surface area contributed by atoms with E-state index in [1.807, 2.05) is 30.3 Å². The molecule has 0 spiro atoms. The summed E-state index contributed by atoms with van der Waals surface area (Å²) >= 11 is 0. The van der Waals surface area contributed by atoms with Crippen LogP contribution in [0.15, 0.2) is 36.5 Å². The Labute approximate surface area is 249 Å². The van der Waals surface area contributed by atoms with Crippen LogP contribution >= 0.6 is 0 Å². The predicted molar refractivity (Wildman–Crippen MR) is 154 cm³/mol. The van der Waals surface area contributed by atoms with Crippen LogP contribution in [0.25, 0.3) is 0 Å². The molecule has 1 aromatic carbocycles. The smallest absolute Gasteiger partial charge is 0.326 e. The molecule has 14 heteroatoms. The quantitative estimate of drug-likeness (QED) is 0.290. The number of nitrogens with one attached hydrogen (secondary N) is 4. The van der Waals surface area contributed by atoms with E-state index in [1.165, 1.54) is 4.90 Å². The molecule has 14 nitrogen and oxygen atoms in total. The third-order valence-electron chi connectivity index (χ3n) is 7.94. The average molecular weight is 597 g/mol. The summed E-state index contributed by atoms with van der Waals surface area (Å²) in [5, 5.41) is 29.2. The van der Waals surface area contributed by atoms with Crippen LogP contribution in [-0.2, 0) is 43.4 Å². The number of likely N-dealkylation sites (N-methyl/N-ethyl adjacent to an activating group) is 1. The number of carbonyl (C=O) groups excluding carboxylic acids is 4. The van der Waals surface area contributed by atoms with Crippen molar-refractivity contribution in [1.82, 2.24) is 41.2 Å². The number of benzene rings is 1. The molecule has 1 saturated heterocycles. The second-order valence-corrected chi connectivity index (χ2v) is 11.1. The van der Waals surface area contributed by atoms with E-state index in [-0.39, 0.29) is 25.2 Å². The monoisotopic (exact) mass is 596 g/mol. The lowest BCUT2D eigenvalue weighted by molar-refractivity contribution is -0.143. The van der Waals surface area contributed by atoms with E-state index in [4.69, 9.17) is 0 Å². The van der Waals surface area contributed by atoms with Crippen molar-refractivity contribution in [1.29, 1.82) is 0 Å². The summed E-state index contributed by atoms with van der Waals surface area (Å²) < 4.78 is 1.61. The van der Waals surface area contributed by atoms with E-state index in [0.717, 1.165) is 5.56 Å². The number of carboxylic acid groups (broad SMARTS) is 1. The minimum atomic E-state index is -1.16. The fraction of sp³-hybridized carbons (Fsp3) is 0.552. The van der Waals surface area contributed by atoms with Gasteiger partial charge in [0, 0.05) is 32.1 Å². The molecular formula is C29H40N8O6. The van der Waals surface area contributed by atoms with Gasteiger partial charge in [-0.1, -0.05) is 35.5 Å². The van der Waals surface area contributed by atoms with E-state index >= 15 is 0 Å². The lowest BCUT2D eigenvalue weighted by atomic mass is 10.0. The Hall–Kier alpha value is -4.33. The maximum absolute atomic E-state index is 13.9. The van der Waals surface area contributed by atoms with Crippen LogP contribution < -0.4 is 21.3 Å². The molecule has 1 fully saturated rings. The van der Waals surface area contributed by atoms with Gasteiger partial charge in [0.2, 0.25) is 23.6 Å². The standard InChI is InChI=1S/C29H40N8O6/c1-18(30-2)25(38)33-23-16-20-17-36(35-34-20)13-7-6-11-21(29(42)43)31-26(39)22(15-19-9-4-3-5-10-19)32-27(40)24-12-8-14-37(24)28(23)41/h3-5,9-10,17-18,21-24,30H,6-8,11-16H2,1-2H3,(H,31,39)(H,32,40)(H,33,38)(H,42,43). The number of carbonyl (C=O) groups is 5. The van der Waals surface area contributed by atoms with Crippen molar-refractivity contribution in [2.24, 2.45) is 0 Å². The van der Waals surface area contributed by atoms with Crippen molar-refractivity contribution in [3.63, 3.8) is 0 Å². The van der Waals surface area contributed by atoms with Crippen molar-refractivity contribution < 1.29 is 29.1 Å². The van der Waals surface area contributed by atoms with E-state index < -0.39 is 53.9 Å². The summed E-state index contributed by atoms with van der Waals surface area (Å²) in [6.07, 6.45) is 4.08. The lowest BCUT2D eigenvalue weighted by Gasteiger charge is -2.30.